The van der Waals surface area contributed by atoms with E-state index in [2.05, 4.69) is 4.98 Å². The maximum Gasteiger partial charge on any atom is 0.0486 e. The minimum atomic E-state index is -0.759. The van der Waals surface area contributed by atoms with Crippen molar-refractivity contribution in [2.75, 3.05) is 11.6 Å². The molecule has 0 aliphatic heterocycles. The molecule has 1 aromatic heterocycles. The Labute approximate surface area is 92.2 Å². The van der Waals surface area contributed by atoms with Gasteiger partial charge in [0.15, 0.2) is 0 Å². The molecule has 0 radical (unpaired) electrons. The molecule has 1 atom stereocenters. The first-order chi connectivity index (χ1) is 6.83. The van der Waals surface area contributed by atoms with Crippen LogP contribution in [-0.2, 0) is 16.6 Å². The molecule has 0 fully saturated rings. The largest absolute Gasteiger partial charge is 0.265 e. The van der Waals surface area contributed by atoms with E-state index in [1.807, 2.05) is 12.1 Å². The highest BCUT2D eigenvalue weighted by molar-refractivity contribution is 7.84. The molecular formula is C10H14ClNOS. The third-order valence-corrected chi connectivity index (χ3v) is 3.50. The van der Waals surface area contributed by atoms with Crippen molar-refractivity contribution in [1.82, 2.24) is 4.98 Å². The molecule has 0 aliphatic rings. The molecule has 0 bridgehead atoms. The number of halogens is 1. The highest BCUT2D eigenvalue weighted by Gasteiger charge is 2.00. The first-order valence-electron chi connectivity index (χ1n) is 4.63. The fraction of sp³-hybridized carbons (Fsp3) is 0.500. The van der Waals surface area contributed by atoms with E-state index in [-0.39, 0.29) is 0 Å². The molecule has 0 aromatic carbocycles. The lowest BCUT2D eigenvalue weighted by atomic mass is 10.3. The molecule has 1 rings (SSSR count). The number of nitrogens with zero attached hydrogens (tertiary/aromatic N) is 1. The molecule has 0 aliphatic carbocycles. The van der Waals surface area contributed by atoms with Gasteiger partial charge in [0.25, 0.3) is 0 Å². The Morgan fingerprint density at radius 2 is 2.00 bits per heavy atom. The summed E-state index contributed by atoms with van der Waals surface area (Å²) in [6.07, 6.45) is 5.35. The molecule has 4 heteroatoms. The van der Waals surface area contributed by atoms with Gasteiger partial charge >= 0.3 is 0 Å². The van der Waals surface area contributed by atoms with E-state index in [0.29, 0.717) is 11.6 Å². The average Bonchev–Trinajstić information content (AvgIpc) is 2.20. The van der Waals surface area contributed by atoms with Gasteiger partial charge in [0, 0.05) is 40.6 Å². The summed E-state index contributed by atoms with van der Waals surface area (Å²) < 4.78 is 11.5. The maximum absolute atomic E-state index is 11.5. The van der Waals surface area contributed by atoms with Crippen LogP contribution in [0.2, 0.25) is 0 Å². The van der Waals surface area contributed by atoms with Crippen LogP contribution in [0.1, 0.15) is 18.4 Å². The number of pyridine rings is 1. The number of unbranched alkanes of at least 4 members (excludes halogenated alkanes) is 1. The first kappa shape index (κ1) is 11.7. The predicted molar refractivity (Wildman–Crippen MR) is 60.9 cm³/mol. The Morgan fingerprint density at radius 3 is 2.64 bits per heavy atom. The van der Waals surface area contributed by atoms with Gasteiger partial charge in [0.1, 0.15) is 0 Å². The van der Waals surface area contributed by atoms with Crippen molar-refractivity contribution >= 4 is 22.4 Å². The summed E-state index contributed by atoms with van der Waals surface area (Å²) in [5.74, 6) is 2.03. The zero-order valence-electron chi connectivity index (χ0n) is 7.99. The Balaban J connectivity index is 2.27. The molecule has 0 N–H and O–H groups in total. The van der Waals surface area contributed by atoms with Crippen molar-refractivity contribution < 1.29 is 4.21 Å². The van der Waals surface area contributed by atoms with Crippen LogP contribution in [0.25, 0.3) is 0 Å². The molecule has 0 saturated carbocycles. The topological polar surface area (TPSA) is 30.0 Å². The van der Waals surface area contributed by atoms with Gasteiger partial charge in [-0.25, -0.2) is 0 Å². The van der Waals surface area contributed by atoms with Gasteiger partial charge in [-0.05, 0) is 30.5 Å². The van der Waals surface area contributed by atoms with Crippen LogP contribution in [0.15, 0.2) is 24.5 Å². The summed E-state index contributed by atoms with van der Waals surface area (Å²) in [6.45, 7) is 0. The fourth-order valence-electron chi connectivity index (χ4n) is 1.09. The second-order valence-corrected chi connectivity index (χ2v) is 4.99. The van der Waals surface area contributed by atoms with Crippen molar-refractivity contribution in [1.29, 1.82) is 0 Å². The lowest BCUT2D eigenvalue weighted by molar-refractivity contribution is 0.679. The van der Waals surface area contributed by atoms with Gasteiger partial charge in [0.05, 0.1) is 0 Å². The Hall–Kier alpha value is -0.410. The van der Waals surface area contributed by atoms with Crippen LogP contribution < -0.4 is 0 Å². The number of alkyl halides is 1. The minimum Gasteiger partial charge on any atom is -0.265 e. The van der Waals surface area contributed by atoms with E-state index >= 15 is 0 Å². The summed E-state index contributed by atoms with van der Waals surface area (Å²) >= 11 is 5.54. The molecular weight excluding hydrogens is 218 g/mol. The first-order valence-corrected chi connectivity index (χ1v) is 6.65. The highest BCUT2D eigenvalue weighted by Crippen LogP contribution is 2.03. The number of aromatic nitrogens is 1. The van der Waals surface area contributed by atoms with Gasteiger partial charge in [-0.15, -0.1) is 11.6 Å². The Kier molecular flexibility index (Phi) is 5.80. The SMILES string of the molecule is O=S(CCCCCl)Cc1ccncc1. The van der Waals surface area contributed by atoms with Crippen molar-refractivity contribution in [3.05, 3.63) is 30.1 Å². The number of hydrogen-bond donors (Lipinski definition) is 0. The predicted octanol–water partition coefficient (Wildman–Crippen LogP) is 2.35. The van der Waals surface area contributed by atoms with Crippen molar-refractivity contribution in [3.8, 4) is 0 Å². The maximum atomic E-state index is 11.5. The second-order valence-electron chi connectivity index (χ2n) is 3.04. The number of hydrogen-bond acceptors (Lipinski definition) is 2. The summed E-state index contributed by atoms with van der Waals surface area (Å²) in [4.78, 5) is 3.91. The van der Waals surface area contributed by atoms with E-state index < -0.39 is 10.8 Å². The minimum absolute atomic E-state index is 0.630. The van der Waals surface area contributed by atoms with E-state index in [4.69, 9.17) is 11.6 Å². The van der Waals surface area contributed by atoms with Gasteiger partial charge < -0.3 is 0 Å². The van der Waals surface area contributed by atoms with Crippen LogP contribution in [0.5, 0.6) is 0 Å². The van der Waals surface area contributed by atoms with E-state index in [1.54, 1.807) is 12.4 Å². The van der Waals surface area contributed by atoms with Gasteiger partial charge in [-0.1, -0.05) is 0 Å². The Morgan fingerprint density at radius 1 is 1.29 bits per heavy atom. The third-order valence-electron chi connectivity index (χ3n) is 1.83. The van der Waals surface area contributed by atoms with Crippen LogP contribution in [0, 0.1) is 0 Å². The monoisotopic (exact) mass is 231 g/mol. The van der Waals surface area contributed by atoms with Gasteiger partial charge in [-0.3, -0.25) is 9.19 Å². The molecule has 1 aromatic rings. The van der Waals surface area contributed by atoms with E-state index in [9.17, 15) is 4.21 Å². The molecule has 1 unspecified atom stereocenters. The van der Waals surface area contributed by atoms with Crippen molar-refractivity contribution in [2.45, 2.75) is 18.6 Å². The lowest BCUT2D eigenvalue weighted by Crippen LogP contribution is -2.01. The molecule has 0 saturated heterocycles. The van der Waals surface area contributed by atoms with Gasteiger partial charge in [-0.2, -0.15) is 0 Å². The normalized spacial score (nSPS) is 12.6. The zero-order chi connectivity index (χ0) is 10.2. The van der Waals surface area contributed by atoms with Crippen molar-refractivity contribution in [3.63, 3.8) is 0 Å². The summed E-state index contributed by atoms with van der Waals surface area (Å²) in [5.41, 5.74) is 1.09. The summed E-state index contributed by atoms with van der Waals surface area (Å²) in [6, 6.07) is 3.80. The van der Waals surface area contributed by atoms with E-state index in [0.717, 1.165) is 24.2 Å². The Bertz CT molecular complexity index is 279. The second kappa shape index (κ2) is 6.96. The molecule has 2 nitrogen and oxygen atoms in total. The number of rotatable bonds is 6. The van der Waals surface area contributed by atoms with Crippen LogP contribution in [0.4, 0.5) is 0 Å². The molecule has 78 valence electrons. The van der Waals surface area contributed by atoms with Crippen LogP contribution in [0.3, 0.4) is 0 Å². The summed E-state index contributed by atoms with van der Waals surface area (Å²) in [7, 11) is -0.759. The molecule has 14 heavy (non-hydrogen) atoms. The standard InChI is InChI=1S/C10H14ClNOS/c11-5-1-2-8-14(13)9-10-3-6-12-7-4-10/h3-4,6-7H,1-2,5,8-9H2. The highest BCUT2D eigenvalue weighted by atomic mass is 35.5. The quantitative estimate of drug-likeness (QED) is 0.556. The molecule has 0 spiro atoms. The zero-order valence-corrected chi connectivity index (χ0v) is 9.56. The van der Waals surface area contributed by atoms with Gasteiger partial charge in [0.2, 0.25) is 0 Å². The molecule has 1 heterocycles. The third kappa shape index (κ3) is 4.72. The van der Waals surface area contributed by atoms with Crippen LogP contribution >= 0.6 is 11.6 Å². The fourth-order valence-corrected chi connectivity index (χ4v) is 2.52. The van der Waals surface area contributed by atoms with Crippen molar-refractivity contribution in [2.24, 2.45) is 0 Å². The van der Waals surface area contributed by atoms with Crippen LogP contribution in [-0.4, -0.2) is 20.8 Å². The summed E-state index contributed by atoms with van der Waals surface area (Å²) in [5, 5.41) is 0. The lowest BCUT2D eigenvalue weighted by Gasteiger charge is -2.01. The van der Waals surface area contributed by atoms with E-state index in [1.165, 1.54) is 0 Å². The average molecular weight is 232 g/mol. The molecule has 0 amide bonds. The smallest absolute Gasteiger partial charge is 0.0486 e.